The summed E-state index contributed by atoms with van der Waals surface area (Å²) < 4.78 is 25.8. The molecule has 0 amide bonds. The van der Waals surface area contributed by atoms with E-state index in [9.17, 15) is 23.6 Å². The van der Waals surface area contributed by atoms with Crippen LogP contribution in [0.2, 0.25) is 0 Å². The van der Waals surface area contributed by atoms with Gasteiger partial charge in [-0.05, 0) is 24.3 Å². The quantitative estimate of drug-likeness (QED) is 0.676. The fourth-order valence-corrected chi connectivity index (χ4v) is 2.85. The van der Waals surface area contributed by atoms with Crippen molar-refractivity contribution in [3.8, 4) is 5.75 Å². The van der Waals surface area contributed by atoms with Crippen LogP contribution >= 0.6 is 0 Å². The Labute approximate surface area is 120 Å². The molecule has 0 radical (unpaired) electrons. The Morgan fingerprint density at radius 3 is 2.62 bits per heavy atom. The Kier molecular flexibility index (Phi) is 3.76. The molecular weight excluding hydrogens is 298 g/mol. The molecule has 2 rings (SSSR count). The van der Waals surface area contributed by atoms with Crippen LogP contribution in [0.4, 0.5) is 11.4 Å². The van der Waals surface area contributed by atoms with Crippen LogP contribution in [0, 0.1) is 10.1 Å². The molecule has 9 heteroatoms. The average molecular weight is 309 g/mol. The summed E-state index contributed by atoms with van der Waals surface area (Å²) in [4.78, 5) is 13.4. The highest BCUT2D eigenvalue weighted by Gasteiger charge is 2.25. The van der Waals surface area contributed by atoms with Crippen molar-refractivity contribution >= 4 is 21.4 Å². The number of nitrogens with zero attached hydrogens (tertiary/aromatic N) is 3. The SMILES string of the molecule is CN(c1cccnc1)S(=O)(=O)c1ccc(O)c([N+](=O)[O-])c1. The number of pyridine rings is 1. The van der Waals surface area contributed by atoms with Crippen molar-refractivity contribution in [2.75, 3.05) is 11.4 Å². The Hall–Kier alpha value is -2.68. The van der Waals surface area contributed by atoms with Gasteiger partial charge in [0.25, 0.3) is 10.0 Å². The second-order valence-corrected chi connectivity index (χ2v) is 6.06. The van der Waals surface area contributed by atoms with Gasteiger partial charge in [-0.3, -0.25) is 19.4 Å². The summed E-state index contributed by atoms with van der Waals surface area (Å²) in [7, 11) is -2.68. The third-order valence-electron chi connectivity index (χ3n) is 2.81. The molecule has 2 aromatic rings. The van der Waals surface area contributed by atoms with Crippen molar-refractivity contribution in [3.05, 3.63) is 52.8 Å². The lowest BCUT2D eigenvalue weighted by molar-refractivity contribution is -0.386. The van der Waals surface area contributed by atoms with E-state index in [4.69, 9.17) is 0 Å². The number of phenols is 1. The molecule has 8 nitrogen and oxygen atoms in total. The smallest absolute Gasteiger partial charge is 0.312 e. The first kappa shape index (κ1) is 14.7. The molecule has 1 heterocycles. The summed E-state index contributed by atoms with van der Waals surface area (Å²) in [6.07, 6.45) is 2.85. The number of sulfonamides is 1. The summed E-state index contributed by atoms with van der Waals surface area (Å²) in [5.41, 5.74) is -0.358. The van der Waals surface area contributed by atoms with Gasteiger partial charge in [-0.2, -0.15) is 0 Å². The monoisotopic (exact) mass is 309 g/mol. The molecule has 0 aliphatic heterocycles. The molecule has 0 saturated carbocycles. The van der Waals surface area contributed by atoms with E-state index in [-0.39, 0.29) is 4.90 Å². The zero-order chi connectivity index (χ0) is 15.6. The van der Waals surface area contributed by atoms with Crippen LogP contribution in [0.25, 0.3) is 0 Å². The van der Waals surface area contributed by atoms with E-state index in [1.165, 1.54) is 19.4 Å². The molecular formula is C12H11N3O5S. The lowest BCUT2D eigenvalue weighted by Gasteiger charge is -2.18. The second-order valence-electron chi connectivity index (χ2n) is 4.09. The van der Waals surface area contributed by atoms with Gasteiger partial charge in [-0.15, -0.1) is 0 Å². The van der Waals surface area contributed by atoms with Gasteiger partial charge in [0.2, 0.25) is 0 Å². The van der Waals surface area contributed by atoms with Crippen LogP contribution in [0.5, 0.6) is 5.75 Å². The number of aromatic nitrogens is 1. The predicted molar refractivity (Wildman–Crippen MR) is 74.6 cm³/mol. The summed E-state index contributed by atoms with van der Waals surface area (Å²) in [5, 5.41) is 20.1. The van der Waals surface area contributed by atoms with E-state index in [1.54, 1.807) is 12.1 Å². The van der Waals surface area contributed by atoms with Crippen molar-refractivity contribution < 1.29 is 18.4 Å². The fourth-order valence-electron chi connectivity index (χ4n) is 1.65. The molecule has 0 unspecified atom stereocenters. The van der Waals surface area contributed by atoms with Gasteiger partial charge in [0.05, 0.1) is 21.7 Å². The Morgan fingerprint density at radius 1 is 1.33 bits per heavy atom. The van der Waals surface area contributed by atoms with E-state index in [0.29, 0.717) is 5.69 Å². The maximum absolute atomic E-state index is 12.4. The van der Waals surface area contributed by atoms with E-state index in [2.05, 4.69) is 4.98 Å². The third-order valence-corrected chi connectivity index (χ3v) is 4.59. The third kappa shape index (κ3) is 2.77. The molecule has 0 saturated heterocycles. The molecule has 1 aromatic carbocycles. The first-order valence-electron chi connectivity index (χ1n) is 5.70. The maximum Gasteiger partial charge on any atom is 0.312 e. The molecule has 0 aliphatic carbocycles. The molecule has 1 aromatic heterocycles. The standard InChI is InChI=1S/C12H11N3O5S/c1-14(9-3-2-6-13-8-9)21(19,20)10-4-5-12(16)11(7-10)15(17)18/h2-8,16H,1H3. The van der Waals surface area contributed by atoms with Crippen molar-refractivity contribution in [1.29, 1.82) is 0 Å². The minimum atomic E-state index is -3.99. The van der Waals surface area contributed by atoms with Crippen LogP contribution in [0.3, 0.4) is 0 Å². The summed E-state index contributed by atoms with van der Waals surface area (Å²) in [5.74, 6) is -0.594. The number of nitro benzene ring substituents is 1. The van der Waals surface area contributed by atoms with Gasteiger partial charge in [-0.25, -0.2) is 8.42 Å². The fraction of sp³-hybridized carbons (Fsp3) is 0.0833. The minimum Gasteiger partial charge on any atom is -0.502 e. The molecule has 0 fully saturated rings. The molecule has 0 aliphatic rings. The average Bonchev–Trinajstić information content (AvgIpc) is 2.47. The molecule has 0 atom stereocenters. The van der Waals surface area contributed by atoms with Gasteiger partial charge in [0.15, 0.2) is 5.75 Å². The van der Waals surface area contributed by atoms with Gasteiger partial charge >= 0.3 is 5.69 Å². The van der Waals surface area contributed by atoms with Crippen LogP contribution in [-0.4, -0.2) is 30.5 Å². The number of hydrogen-bond acceptors (Lipinski definition) is 6. The number of benzene rings is 1. The van der Waals surface area contributed by atoms with E-state index < -0.39 is 26.4 Å². The van der Waals surface area contributed by atoms with Crippen LogP contribution in [0.1, 0.15) is 0 Å². The van der Waals surface area contributed by atoms with Crippen molar-refractivity contribution in [2.24, 2.45) is 0 Å². The number of phenolic OH excluding ortho intramolecular Hbond substituents is 1. The van der Waals surface area contributed by atoms with Crippen LogP contribution < -0.4 is 4.31 Å². The van der Waals surface area contributed by atoms with Crippen molar-refractivity contribution in [3.63, 3.8) is 0 Å². The molecule has 110 valence electrons. The van der Waals surface area contributed by atoms with Gasteiger partial charge in [0.1, 0.15) is 0 Å². The van der Waals surface area contributed by atoms with Crippen LogP contribution in [-0.2, 0) is 10.0 Å². The predicted octanol–water partition coefficient (Wildman–Crippen LogP) is 1.52. The highest BCUT2D eigenvalue weighted by Crippen LogP contribution is 2.30. The lowest BCUT2D eigenvalue weighted by Crippen LogP contribution is -2.26. The first-order valence-corrected chi connectivity index (χ1v) is 7.14. The molecule has 21 heavy (non-hydrogen) atoms. The number of aromatic hydroxyl groups is 1. The zero-order valence-electron chi connectivity index (χ0n) is 10.9. The van der Waals surface area contributed by atoms with Gasteiger partial charge in [-0.1, -0.05) is 0 Å². The number of hydrogen-bond donors (Lipinski definition) is 1. The maximum atomic E-state index is 12.4. The Balaban J connectivity index is 2.50. The first-order chi connectivity index (χ1) is 9.84. The molecule has 1 N–H and O–H groups in total. The van der Waals surface area contributed by atoms with E-state index in [1.807, 2.05) is 0 Å². The van der Waals surface area contributed by atoms with E-state index in [0.717, 1.165) is 22.5 Å². The molecule has 0 spiro atoms. The topological polar surface area (TPSA) is 114 Å². The molecule has 0 bridgehead atoms. The highest BCUT2D eigenvalue weighted by atomic mass is 32.2. The number of anilines is 1. The van der Waals surface area contributed by atoms with Gasteiger partial charge < -0.3 is 5.11 Å². The summed E-state index contributed by atoms with van der Waals surface area (Å²) in [6, 6.07) is 6.00. The largest absolute Gasteiger partial charge is 0.502 e. The number of rotatable bonds is 4. The number of nitro groups is 1. The summed E-state index contributed by atoms with van der Waals surface area (Å²) in [6.45, 7) is 0. The van der Waals surface area contributed by atoms with Crippen molar-refractivity contribution in [1.82, 2.24) is 4.98 Å². The Morgan fingerprint density at radius 2 is 2.05 bits per heavy atom. The van der Waals surface area contributed by atoms with Crippen molar-refractivity contribution in [2.45, 2.75) is 4.90 Å². The summed E-state index contributed by atoms with van der Waals surface area (Å²) >= 11 is 0. The van der Waals surface area contributed by atoms with Crippen LogP contribution in [0.15, 0.2) is 47.6 Å². The normalized spacial score (nSPS) is 11.1. The minimum absolute atomic E-state index is 0.293. The van der Waals surface area contributed by atoms with Gasteiger partial charge in [0, 0.05) is 19.3 Å². The lowest BCUT2D eigenvalue weighted by atomic mass is 10.3. The second kappa shape index (κ2) is 5.37. The van der Waals surface area contributed by atoms with E-state index >= 15 is 0 Å². The zero-order valence-corrected chi connectivity index (χ0v) is 11.7. The Bertz CT molecular complexity index is 777. The highest BCUT2D eigenvalue weighted by molar-refractivity contribution is 7.92.